The molecule has 5 nitrogen and oxygen atoms in total. The second-order valence-corrected chi connectivity index (χ2v) is 8.77. The Hall–Kier alpha value is -4.47. The summed E-state index contributed by atoms with van der Waals surface area (Å²) in [5.74, 6) is 1.22. The molecular weight excluding hydrogens is 465 g/mol. The van der Waals surface area contributed by atoms with Crippen molar-refractivity contribution in [3.63, 3.8) is 0 Å². The number of benzene rings is 4. The summed E-state index contributed by atoms with van der Waals surface area (Å²) in [5.41, 5.74) is 6.04. The summed E-state index contributed by atoms with van der Waals surface area (Å²) in [7, 11) is 1.71. The lowest BCUT2D eigenvalue weighted by atomic mass is 10.0. The number of ether oxygens (including phenoxy) is 2. The molecule has 0 saturated heterocycles. The lowest BCUT2D eigenvalue weighted by Crippen LogP contribution is -2.08. The fraction of sp³-hybridized carbons (Fsp3) is 0.161. The van der Waals surface area contributed by atoms with E-state index < -0.39 is 5.82 Å². The maximum atomic E-state index is 14.2. The largest absolute Gasteiger partial charge is 0.489 e. The van der Waals surface area contributed by atoms with Gasteiger partial charge in [-0.15, -0.1) is 0 Å². The first-order valence-corrected chi connectivity index (χ1v) is 12.1. The van der Waals surface area contributed by atoms with Gasteiger partial charge in [0.05, 0.1) is 29.3 Å². The molecule has 0 amide bonds. The molecule has 0 aliphatic rings. The Kier molecular flexibility index (Phi) is 7.25. The monoisotopic (exact) mass is 491 g/mol. The van der Waals surface area contributed by atoms with Crippen molar-refractivity contribution in [3.05, 3.63) is 119 Å². The van der Waals surface area contributed by atoms with E-state index in [2.05, 4.69) is 34.9 Å². The van der Waals surface area contributed by atoms with Crippen LogP contribution in [0.5, 0.6) is 5.75 Å². The standard InChI is InChI=1S/C31H26FN3O2/c1-36-16-15-35-30-8-3-2-7-29(30)34-31(35)18-22-9-12-24(13-10-22)25-5-4-6-27(19-25)37-21-26-14-11-23(20-33)17-28(26)32/h2-14,17,19H,15-16,18,21H2,1H3. The molecular formula is C31H26FN3O2. The Balaban J connectivity index is 1.30. The van der Waals surface area contributed by atoms with Crippen LogP contribution in [0.2, 0.25) is 0 Å². The Bertz CT molecular complexity index is 1570. The predicted molar refractivity (Wildman–Crippen MR) is 142 cm³/mol. The minimum Gasteiger partial charge on any atom is -0.489 e. The normalized spacial score (nSPS) is 10.9. The van der Waals surface area contributed by atoms with Crippen molar-refractivity contribution in [1.29, 1.82) is 5.26 Å². The first-order valence-electron chi connectivity index (χ1n) is 12.1. The van der Waals surface area contributed by atoms with E-state index in [1.807, 2.05) is 48.5 Å². The van der Waals surface area contributed by atoms with Gasteiger partial charge in [-0.1, -0.05) is 54.6 Å². The Morgan fingerprint density at radius 3 is 2.54 bits per heavy atom. The predicted octanol–water partition coefficient (Wildman–Crippen LogP) is 6.53. The molecule has 1 heterocycles. The third kappa shape index (κ3) is 5.53. The Morgan fingerprint density at radius 2 is 1.76 bits per heavy atom. The number of nitrogens with zero attached hydrogens (tertiary/aromatic N) is 3. The van der Waals surface area contributed by atoms with Crippen molar-refractivity contribution in [2.75, 3.05) is 13.7 Å². The highest BCUT2D eigenvalue weighted by Gasteiger charge is 2.11. The molecule has 0 saturated carbocycles. The summed E-state index contributed by atoms with van der Waals surface area (Å²) in [5, 5.41) is 8.91. The van der Waals surface area contributed by atoms with Crippen LogP contribution in [-0.2, 0) is 24.3 Å². The third-order valence-electron chi connectivity index (χ3n) is 6.31. The minimum absolute atomic E-state index is 0.0873. The first-order chi connectivity index (χ1) is 18.1. The number of methoxy groups -OCH3 is 1. The van der Waals surface area contributed by atoms with Crippen LogP contribution >= 0.6 is 0 Å². The van der Waals surface area contributed by atoms with E-state index >= 15 is 0 Å². The smallest absolute Gasteiger partial charge is 0.131 e. The van der Waals surface area contributed by atoms with E-state index in [0.717, 1.165) is 41.0 Å². The highest BCUT2D eigenvalue weighted by molar-refractivity contribution is 5.76. The van der Waals surface area contributed by atoms with Crippen molar-refractivity contribution in [2.45, 2.75) is 19.6 Å². The Labute approximate surface area is 215 Å². The maximum Gasteiger partial charge on any atom is 0.131 e. The number of aromatic nitrogens is 2. The number of hydrogen-bond acceptors (Lipinski definition) is 4. The zero-order valence-electron chi connectivity index (χ0n) is 20.5. The number of nitriles is 1. The summed E-state index contributed by atoms with van der Waals surface area (Å²) in [6, 6.07) is 30.7. The van der Waals surface area contributed by atoms with Crippen LogP contribution in [0.3, 0.4) is 0 Å². The van der Waals surface area contributed by atoms with Crippen molar-refractivity contribution >= 4 is 11.0 Å². The highest BCUT2D eigenvalue weighted by Crippen LogP contribution is 2.26. The summed E-state index contributed by atoms with van der Waals surface area (Å²) < 4.78 is 27.6. The molecule has 0 aliphatic heterocycles. The average Bonchev–Trinajstić information content (AvgIpc) is 3.28. The molecule has 0 radical (unpaired) electrons. The van der Waals surface area contributed by atoms with Crippen LogP contribution in [0, 0.1) is 17.1 Å². The zero-order valence-corrected chi connectivity index (χ0v) is 20.5. The number of hydrogen-bond donors (Lipinski definition) is 0. The van der Waals surface area contributed by atoms with E-state index in [1.165, 1.54) is 11.6 Å². The lowest BCUT2D eigenvalue weighted by molar-refractivity contribution is 0.187. The van der Waals surface area contributed by atoms with Gasteiger partial charge in [-0.25, -0.2) is 9.37 Å². The molecule has 5 rings (SSSR count). The number of imidazole rings is 1. The van der Waals surface area contributed by atoms with Gasteiger partial charge in [0.25, 0.3) is 0 Å². The zero-order chi connectivity index (χ0) is 25.6. The minimum atomic E-state index is -0.443. The fourth-order valence-corrected chi connectivity index (χ4v) is 4.35. The average molecular weight is 492 g/mol. The summed E-state index contributed by atoms with van der Waals surface area (Å²) in [6.45, 7) is 1.47. The van der Waals surface area contributed by atoms with Crippen molar-refractivity contribution < 1.29 is 13.9 Å². The molecule has 184 valence electrons. The van der Waals surface area contributed by atoms with Crippen molar-refractivity contribution in [1.82, 2.24) is 9.55 Å². The first kappa shape index (κ1) is 24.2. The number of rotatable bonds is 9. The molecule has 4 aromatic carbocycles. The van der Waals surface area contributed by atoms with E-state index in [4.69, 9.17) is 19.7 Å². The summed E-state index contributed by atoms with van der Waals surface area (Å²) in [4.78, 5) is 4.86. The van der Waals surface area contributed by atoms with Crippen molar-refractivity contribution in [2.24, 2.45) is 0 Å². The van der Waals surface area contributed by atoms with Gasteiger partial charge in [-0.2, -0.15) is 5.26 Å². The van der Waals surface area contributed by atoms with E-state index in [1.54, 1.807) is 19.2 Å². The molecule has 0 N–H and O–H groups in total. The summed E-state index contributed by atoms with van der Waals surface area (Å²) >= 11 is 0. The molecule has 0 atom stereocenters. The van der Waals surface area contributed by atoms with Crippen LogP contribution < -0.4 is 4.74 Å². The van der Waals surface area contributed by atoms with Gasteiger partial charge < -0.3 is 14.0 Å². The van der Waals surface area contributed by atoms with Gasteiger partial charge in [0.1, 0.15) is 24.0 Å². The quantitative estimate of drug-likeness (QED) is 0.235. The molecule has 0 spiro atoms. The molecule has 6 heteroatoms. The molecule has 37 heavy (non-hydrogen) atoms. The Morgan fingerprint density at radius 1 is 0.919 bits per heavy atom. The van der Waals surface area contributed by atoms with E-state index in [9.17, 15) is 4.39 Å². The fourth-order valence-electron chi connectivity index (χ4n) is 4.35. The van der Waals surface area contributed by atoms with Gasteiger partial charge in [0.15, 0.2) is 0 Å². The number of para-hydroxylation sites is 2. The molecule has 0 aliphatic carbocycles. The van der Waals surface area contributed by atoms with E-state index in [0.29, 0.717) is 23.5 Å². The van der Waals surface area contributed by atoms with Gasteiger partial charge in [0.2, 0.25) is 0 Å². The van der Waals surface area contributed by atoms with Gasteiger partial charge in [-0.05, 0) is 53.1 Å². The van der Waals surface area contributed by atoms with Crippen LogP contribution in [-0.4, -0.2) is 23.3 Å². The second-order valence-electron chi connectivity index (χ2n) is 8.77. The van der Waals surface area contributed by atoms with E-state index in [-0.39, 0.29) is 6.61 Å². The maximum absolute atomic E-state index is 14.2. The van der Waals surface area contributed by atoms with Crippen LogP contribution in [0.25, 0.3) is 22.2 Å². The van der Waals surface area contributed by atoms with Gasteiger partial charge >= 0.3 is 0 Å². The molecule has 1 aromatic heterocycles. The number of halogens is 1. The van der Waals surface area contributed by atoms with Gasteiger partial charge in [0, 0.05) is 25.6 Å². The van der Waals surface area contributed by atoms with Crippen LogP contribution in [0.1, 0.15) is 22.5 Å². The SMILES string of the molecule is COCCn1c(Cc2ccc(-c3cccc(OCc4ccc(C#N)cc4F)c3)cc2)nc2ccccc21. The van der Waals surface area contributed by atoms with Crippen LogP contribution in [0.15, 0.2) is 91.0 Å². The second kappa shape index (κ2) is 11.1. The van der Waals surface area contributed by atoms with Gasteiger partial charge in [-0.3, -0.25) is 0 Å². The molecule has 0 fully saturated rings. The molecule has 5 aromatic rings. The van der Waals surface area contributed by atoms with Crippen molar-refractivity contribution in [3.8, 4) is 22.9 Å². The number of fused-ring (bicyclic) bond motifs is 1. The third-order valence-corrected chi connectivity index (χ3v) is 6.31. The summed E-state index contributed by atoms with van der Waals surface area (Å²) in [6.07, 6.45) is 0.720. The topological polar surface area (TPSA) is 60.1 Å². The lowest BCUT2D eigenvalue weighted by Gasteiger charge is -2.11. The van der Waals surface area contributed by atoms with Crippen LogP contribution in [0.4, 0.5) is 4.39 Å². The molecule has 0 bridgehead atoms. The highest BCUT2D eigenvalue weighted by atomic mass is 19.1. The molecule has 0 unspecified atom stereocenters.